The maximum absolute atomic E-state index is 12.7. The van der Waals surface area contributed by atoms with Crippen LogP contribution in [0.4, 0.5) is 9.18 Å². The highest BCUT2D eigenvalue weighted by atomic mass is 19.1. The molecule has 2 amide bonds. The van der Waals surface area contributed by atoms with E-state index >= 15 is 0 Å². The fourth-order valence-corrected chi connectivity index (χ4v) is 1.50. The number of nitrogens with zero attached hydrogens (tertiary/aromatic N) is 2. The SMILES string of the molecule is CC(C)(C)NC(=O)c1ccn(C/C(=C/F)CNC(=O)O)n1. The summed E-state index contributed by atoms with van der Waals surface area (Å²) >= 11 is 0. The van der Waals surface area contributed by atoms with Crippen molar-refractivity contribution in [3.8, 4) is 0 Å². The lowest BCUT2D eigenvalue weighted by Gasteiger charge is -2.19. The molecule has 0 radical (unpaired) electrons. The number of carbonyl (C=O) groups excluding carboxylic acids is 1. The lowest BCUT2D eigenvalue weighted by molar-refractivity contribution is 0.0913. The van der Waals surface area contributed by atoms with Crippen LogP contribution in [0.2, 0.25) is 0 Å². The Labute approximate surface area is 121 Å². The van der Waals surface area contributed by atoms with E-state index in [-0.39, 0.29) is 35.8 Å². The first-order chi connectivity index (χ1) is 9.71. The van der Waals surface area contributed by atoms with Gasteiger partial charge in [0.25, 0.3) is 5.91 Å². The highest BCUT2D eigenvalue weighted by Gasteiger charge is 2.17. The Morgan fingerprint density at radius 2 is 2.14 bits per heavy atom. The summed E-state index contributed by atoms with van der Waals surface area (Å²) in [6.07, 6.45) is 0.619. The highest BCUT2D eigenvalue weighted by molar-refractivity contribution is 5.92. The first kappa shape index (κ1) is 16.7. The highest BCUT2D eigenvalue weighted by Crippen LogP contribution is 2.05. The van der Waals surface area contributed by atoms with Gasteiger partial charge in [-0.25, -0.2) is 9.18 Å². The number of carboxylic acid groups (broad SMARTS) is 1. The minimum Gasteiger partial charge on any atom is -0.465 e. The van der Waals surface area contributed by atoms with Crippen LogP contribution in [0.3, 0.4) is 0 Å². The molecule has 0 aliphatic rings. The van der Waals surface area contributed by atoms with Crippen LogP contribution in [0.25, 0.3) is 0 Å². The topological polar surface area (TPSA) is 96.2 Å². The predicted molar refractivity (Wildman–Crippen MR) is 74.7 cm³/mol. The molecule has 1 aromatic rings. The van der Waals surface area contributed by atoms with Crippen molar-refractivity contribution in [1.82, 2.24) is 20.4 Å². The molecule has 3 N–H and O–H groups in total. The molecule has 0 atom stereocenters. The molecule has 1 aromatic heterocycles. The largest absolute Gasteiger partial charge is 0.465 e. The molecular weight excluding hydrogens is 279 g/mol. The van der Waals surface area contributed by atoms with Crippen LogP contribution in [0.1, 0.15) is 31.3 Å². The van der Waals surface area contributed by atoms with Crippen molar-refractivity contribution in [2.24, 2.45) is 0 Å². The summed E-state index contributed by atoms with van der Waals surface area (Å²) in [5.41, 5.74) is 0.0358. The predicted octanol–water partition coefficient (Wildman–Crippen LogP) is 1.53. The third kappa shape index (κ3) is 6.07. The third-order valence-corrected chi connectivity index (χ3v) is 2.35. The van der Waals surface area contributed by atoms with Crippen LogP contribution < -0.4 is 10.6 Å². The molecule has 1 rings (SSSR count). The monoisotopic (exact) mass is 298 g/mol. The molecule has 116 valence electrons. The van der Waals surface area contributed by atoms with Gasteiger partial charge in [-0.3, -0.25) is 9.48 Å². The fraction of sp³-hybridized carbons (Fsp3) is 0.462. The van der Waals surface area contributed by atoms with Gasteiger partial charge in [0.2, 0.25) is 0 Å². The minimum absolute atomic E-state index is 0.0551. The standard InChI is InChI=1S/C13H19FN4O3/c1-13(2,3)16-11(19)10-4-5-18(17-10)8-9(6-14)7-15-12(20)21/h4-6,15H,7-8H2,1-3H3,(H,16,19)(H,20,21)/b9-6+. The maximum Gasteiger partial charge on any atom is 0.404 e. The molecule has 1 heterocycles. The molecule has 0 aromatic carbocycles. The van der Waals surface area contributed by atoms with Crippen molar-refractivity contribution in [1.29, 1.82) is 0 Å². The zero-order valence-corrected chi connectivity index (χ0v) is 12.2. The molecule has 21 heavy (non-hydrogen) atoms. The summed E-state index contributed by atoms with van der Waals surface area (Å²) in [4.78, 5) is 22.2. The van der Waals surface area contributed by atoms with Crippen molar-refractivity contribution in [3.63, 3.8) is 0 Å². The number of aromatic nitrogens is 2. The van der Waals surface area contributed by atoms with Crippen LogP contribution in [-0.4, -0.2) is 39.0 Å². The van der Waals surface area contributed by atoms with Gasteiger partial charge in [0, 0.05) is 18.3 Å². The van der Waals surface area contributed by atoms with E-state index in [4.69, 9.17) is 5.11 Å². The summed E-state index contributed by atoms with van der Waals surface area (Å²) < 4.78 is 14.0. The smallest absolute Gasteiger partial charge is 0.404 e. The molecule has 0 fully saturated rings. The maximum atomic E-state index is 12.7. The molecule has 0 bridgehead atoms. The number of hydrogen-bond donors (Lipinski definition) is 3. The van der Waals surface area contributed by atoms with E-state index in [2.05, 4.69) is 15.7 Å². The first-order valence-corrected chi connectivity index (χ1v) is 6.32. The van der Waals surface area contributed by atoms with E-state index < -0.39 is 6.09 Å². The van der Waals surface area contributed by atoms with E-state index in [9.17, 15) is 14.0 Å². The number of carbonyl (C=O) groups is 2. The van der Waals surface area contributed by atoms with E-state index in [1.165, 1.54) is 16.9 Å². The van der Waals surface area contributed by atoms with Crippen molar-refractivity contribution < 1.29 is 19.1 Å². The Bertz CT molecular complexity index is 546. The Kier molecular flexibility index (Phi) is 5.45. The van der Waals surface area contributed by atoms with E-state index in [0.717, 1.165) is 0 Å². The number of amides is 2. The lowest BCUT2D eigenvalue weighted by Crippen LogP contribution is -2.40. The second-order valence-electron chi connectivity index (χ2n) is 5.53. The van der Waals surface area contributed by atoms with Crippen molar-refractivity contribution in [2.45, 2.75) is 32.9 Å². The molecule has 0 unspecified atom stereocenters. The first-order valence-electron chi connectivity index (χ1n) is 6.32. The van der Waals surface area contributed by atoms with Crippen molar-refractivity contribution in [2.75, 3.05) is 6.54 Å². The molecule has 7 nitrogen and oxygen atoms in total. The van der Waals surface area contributed by atoms with Crippen LogP contribution in [0.15, 0.2) is 24.2 Å². The number of halogens is 1. The van der Waals surface area contributed by atoms with Gasteiger partial charge in [0.05, 0.1) is 12.9 Å². The van der Waals surface area contributed by atoms with Gasteiger partial charge in [-0.1, -0.05) is 0 Å². The van der Waals surface area contributed by atoms with Crippen molar-refractivity contribution in [3.05, 3.63) is 29.9 Å². The Hall–Kier alpha value is -2.38. The van der Waals surface area contributed by atoms with Gasteiger partial charge in [-0.2, -0.15) is 5.10 Å². The number of nitrogens with one attached hydrogen (secondary N) is 2. The van der Waals surface area contributed by atoms with E-state index in [1.807, 2.05) is 20.8 Å². The van der Waals surface area contributed by atoms with Gasteiger partial charge >= 0.3 is 6.09 Å². The Morgan fingerprint density at radius 3 is 2.67 bits per heavy atom. The van der Waals surface area contributed by atoms with Crippen LogP contribution >= 0.6 is 0 Å². The zero-order chi connectivity index (χ0) is 16.0. The normalized spacial score (nSPS) is 12.1. The van der Waals surface area contributed by atoms with E-state index in [1.54, 1.807) is 0 Å². The van der Waals surface area contributed by atoms with Gasteiger partial charge in [0.15, 0.2) is 0 Å². The van der Waals surface area contributed by atoms with Crippen LogP contribution in [0.5, 0.6) is 0 Å². The van der Waals surface area contributed by atoms with Gasteiger partial charge in [0.1, 0.15) is 5.69 Å². The van der Waals surface area contributed by atoms with Gasteiger partial charge in [-0.15, -0.1) is 0 Å². The quantitative estimate of drug-likeness (QED) is 0.768. The fourth-order valence-electron chi connectivity index (χ4n) is 1.50. The molecule has 0 aliphatic carbocycles. The Morgan fingerprint density at radius 1 is 1.48 bits per heavy atom. The Balaban J connectivity index is 2.66. The molecule has 0 saturated carbocycles. The van der Waals surface area contributed by atoms with E-state index in [0.29, 0.717) is 6.33 Å². The molecule has 0 saturated heterocycles. The molecule has 0 spiro atoms. The lowest BCUT2D eigenvalue weighted by atomic mass is 10.1. The molecule has 0 aliphatic heterocycles. The van der Waals surface area contributed by atoms with Crippen LogP contribution in [-0.2, 0) is 6.54 Å². The average molecular weight is 298 g/mol. The van der Waals surface area contributed by atoms with Crippen LogP contribution in [0, 0.1) is 0 Å². The second kappa shape index (κ2) is 6.87. The summed E-state index contributed by atoms with van der Waals surface area (Å²) in [5, 5.41) is 17.3. The number of rotatable bonds is 5. The second-order valence-corrected chi connectivity index (χ2v) is 5.53. The van der Waals surface area contributed by atoms with Gasteiger partial charge < -0.3 is 15.7 Å². The summed E-state index contributed by atoms with van der Waals surface area (Å²) in [5.74, 6) is -0.323. The summed E-state index contributed by atoms with van der Waals surface area (Å²) in [7, 11) is 0. The minimum atomic E-state index is -1.24. The van der Waals surface area contributed by atoms with Crippen molar-refractivity contribution >= 4 is 12.0 Å². The average Bonchev–Trinajstić information content (AvgIpc) is 2.80. The van der Waals surface area contributed by atoms with Gasteiger partial charge in [-0.05, 0) is 32.4 Å². The summed E-state index contributed by atoms with van der Waals surface area (Å²) in [6.45, 7) is 5.46. The number of hydrogen-bond acceptors (Lipinski definition) is 3. The zero-order valence-electron chi connectivity index (χ0n) is 12.2. The molecular formula is C13H19FN4O3. The summed E-state index contributed by atoms with van der Waals surface area (Å²) in [6, 6.07) is 1.52. The third-order valence-electron chi connectivity index (χ3n) is 2.35. The molecule has 8 heteroatoms.